The molecule has 0 aromatic carbocycles. The molecule has 2 aliphatic rings. The van der Waals surface area contributed by atoms with Crippen molar-refractivity contribution in [3.05, 3.63) is 0 Å². The van der Waals surface area contributed by atoms with E-state index in [1.807, 2.05) is 11.8 Å². The van der Waals surface area contributed by atoms with E-state index in [9.17, 15) is 4.79 Å². The smallest absolute Gasteiger partial charge is 0.226 e. The maximum atomic E-state index is 12.5. The van der Waals surface area contributed by atoms with Crippen LogP contribution in [0.15, 0.2) is 0 Å². The molecule has 0 bridgehead atoms. The lowest BCUT2D eigenvalue weighted by Crippen LogP contribution is -2.52. The molecule has 0 aromatic rings. The van der Waals surface area contributed by atoms with E-state index in [1.54, 1.807) is 0 Å². The normalized spacial score (nSPS) is 26.6. The van der Waals surface area contributed by atoms with Gasteiger partial charge < -0.3 is 10.6 Å². The van der Waals surface area contributed by atoms with Crippen molar-refractivity contribution in [1.29, 1.82) is 0 Å². The lowest BCUT2D eigenvalue weighted by Gasteiger charge is -2.42. The van der Waals surface area contributed by atoms with Crippen LogP contribution in [0.3, 0.4) is 0 Å². The van der Waals surface area contributed by atoms with Crippen LogP contribution < -0.4 is 10.6 Å². The number of hydrogen-bond donors (Lipinski definition) is 2. The molecule has 1 atom stereocenters. The lowest BCUT2D eigenvalue weighted by molar-refractivity contribution is -0.132. The van der Waals surface area contributed by atoms with Crippen molar-refractivity contribution < 1.29 is 4.79 Å². The summed E-state index contributed by atoms with van der Waals surface area (Å²) in [6.45, 7) is 7.13. The number of thioether (sulfide) groups is 1. The Morgan fingerprint density at radius 2 is 2.16 bits per heavy atom. The maximum absolute atomic E-state index is 12.5. The number of carbonyl (C=O) groups is 1. The zero-order chi connectivity index (χ0) is 13.9. The molecule has 0 spiro atoms. The van der Waals surface area contributed by atoms with Gasteiger partial charge >= 0.3 is 0 Å². The van der Waals surface area contributed by atoms with Crippen LogP contribution in [0.1, 0.15) is 46.0 Å². The number of carbonyl (C=O) groups excluding carboxylic acids is 1. The fourth-order valence-corrected chi connectivity index (χ4v) is 4.06. The minimum atomic E-state index is -0.253. The van der Waals surface area contributed by atoms with Gasteiger partial charge in [0.2, 0.25) is 5.91 Å². The quantitative estimate of drug-likeness (QED) is 0.814. The number of hydrogen-bond acceptors (Lipinski definition) is 3. The molecule has 1 aliphatic carbocycles. The first-order valence-electron chi connectivity index (χ1n) is 7.54. The molecule has 110 valence electrons. The second kappa shape index (κ2) is 6.04. The lowest BCUT2D eigenvalue weighted by atomic mass is 9.74. The summed E-state index contributed by atoms with van der Waals surface area (Å²) in [7, 11) is 0. The van der Waals surface area contributed by atoms with Crippen LogP contribution in [-0.2, 0) is 4.79 Å². The van der Waals surface area contributed by atoms with Crippen molar-refractivity contribution in [2.45, 2.75) is 50.7 Å². The Morgan fingerprint density at radius 1 is 1.42 bits per heavy atom. The molecule has 4 heteroatoms. The zero-order valence-electron chi connectivity index (χ0n) is 12.6. The zero-order valence-corrected chi connectivity index (χ0v) is 13.4. The summed E-state index contributed by atoms with van der Waals surface area (Å²) in [5.74, 6) is 0.703. The van der Waals surface area contributed by atoms with E-state index in [4.69, 9.17) is 0 Å². The van der Waals surface area contributed by atoms with Crippen LogP contribution in [0, 0.1) is 11.3 Å². The average Bonchev–Trinajstić information content (AvgIpc) is 2.38. The van der Waals surface area contributed by atoms with Crippen LogP contribution in [0.5, 0.6) is 0 Å². The van der Waals surface area contributed by atoms with Crippen molar-refractivity contribution in [2.24, 2.45) is 11.3 Å². The molecule has 1 saturated carbocycles. The fourth-order valence-electron chi connectivity index (χ4n) is 3.15. The first-order chi connectivity index (χ1) is 9.00. The van der Waals surface area contributed by atoms with E-state index in [0.717, 1.165) is 19.6 Å². The van der Waals surface area contributed by atoms with Gasteiger partial charge in [0.25, 0.3) is 0 Å². The Hall–Kier alpha value is -0.220. The van der Waals surface area contributed by atoms with Crippen LogP contribution >= 0.6 is 11.8 Å². The monoisotopic (exact) mass is 284 g/mol. The third-order valence-electron chi connectivity index (χ3n) is 5.17. The molecule has 1 heterocycles. The van der Waals surface area contributed by atoms with Crippen LogP contribution in [-0.4, -0.2) is 36.5 Å². The average molecular weight is 284 g/mol. The first kappa shape index (κ1) is 15.2. The number of amides is 1. The Morgan fingerprint density at radius 3 is 2.63 bits per heavy atom. The second-order valence-corrected chi connectivity index (χ2v) is 7.96. The Balaban J connectivity index is 1.87. The predicted molar refractivity (Wildman–Crippen MR) is 82.5 cm³/mol. The minimum Gasteiger partial charge on any atom is -0.354 e. The largest absolute Gasteiger partial charge is 0.354 e. The van der Waals surface area contributed by atoms with Crippen molar-refractivity contribution >= 4 is 17.7 Å². The second-order valence-electron chi connectivity index (χ2n) is 6.69. The van der Waals surface area contributed by atoms with E-state index in [0.29, 0.717) is 10.7 Å². The minimum absolute atomic E-state index is 0.238. The molecule has 1 unspecified atom stereocenters. The number of piperidine rings is 1. The van der Waals surface area contributed by atoms with Crippen LogP contribution in [0.4, 0.5) is 0 Å². The highest BCUT2D eigenvalue weighted by molar-refractivity contribution is 8.00. The Bertz CT molecular complexity index is 315. The summed E-state index contributed by atoms with van der Waals surface area (Å²) >= 11 is 1.92. The third kappa shape index (κ3) is 3.27. The van der Waals surface area contributed by atoms with Gasteiger partial charge in [-0.25, -0.2) is 0 Å². The molecule has 1 aliphatic heterocycles. The van der Waals surface area contributed by atoms with Gasteiger partial charge in [-0.05, 0) is 50.9 Å². The van der Waals surface area contributed by atoms with Gasteiger partial charge in [-0.2, -0.15) is 11.8 Å². The van der Waals surface area contributed by atoms with Gasteiger partial charge in [0.05, 0.1) is 0 Å². The van der Waals surface area contributed by atoms with E-state index in [-0.39, 0.29) is 11.3 Å². The molecular formula is C15H28N2OS. The topological polar surface area (TPSA) is 41.1 Å². The molecule has 0 radical (unpaired) electrons. The number of rotatable bonds is 5. The van der Waals surface area contributed by atoms with Crippen molar-refractivity contribution in [1.82, 2.24) is 10.6 Å². The Labute approximate surface area is 121 Å². The van der Waals surface area contributed by atoms with Crippen LogP contribution in [0.2, 0.25) is 0 Å². The van der Waals surface area contributed by atoms with Gasteiger partial charge in [0.15, 0.2) is 0 Å². The van der Waals surface area contributed by atoms with Crippen molar-refractivity contribution in [3.63, 3.8) is 0 Å². The third-order valence-corrected chi connectivity index (χ3v) is 6.59. The van der Waals surface area contributed by atoms with Gasteiger partial charge in [-0.1, -0.05) is 20.3 Å². The predicted octanol–water partition coefficient (Wildman–Crippen LogP) is 2.41. The van der Waals surface area contributed by atoms with Crippen molar-refractivity contribution in [2.75, 3.05) is 25.9 Å². The summed E-state index contributed by atoms with van der Waals surface area (Å²) < 4.78 is 0.330. The highest BCUT2D eigenvalue weighted by Crippen LogP contribution is 2.42. The van der Waals surface area contributed by atoms with E-state index >= 15 is 0 Å². The fraction of sp³-hybridized carbons (Fsp3) is 0.933. The van der Waals surface area contributed by atoms with Gasteiger partial charge in [-0.3, -0.25) is 4.79 Å². The molecule has 2 rings (SSSR count). The van der Waals surface area contributed by atoms with Crippen molar-refractivity contribution in [3.8, 4) is 0 Å². The van der Waals surface area contributed by atoms with E-state index in [1.165, 1.54) is 32.1 Å². The highest BCUT2D eigenvalue weighted by atomic mass is 32.2. The van der Waals surface area contributed by atoms with Gasteiger partial charge in [0.1, 0.15) is 0 Å². The SMILES string of the molecule is CSC1(CNC(=O)C(C)(C)C2CCCNC2)CCC1. The molecule has 2 N–H and O–H groups in total. The standard InChI is InChI=1S/C15H28N2OS/c1-14(2,12-6-4-9-16-10-12)13(18)17-11-15(19-3)7-5-8-15/h12,16H,4-11H2,1-3H3,(H,17,18). The number of nitrogens with one attached hydrogen (secondary N) is 2. The van der Waals surface area contributed by atoms with E-state index in [2.05, 4.69) is 30.7 Å². The summed E-state index contributed by atoms with van der Waals surface area (Å²) in [5, 5.41) is 6.64. The summed E-state index contributed by atoms with van der Waals surface area (Å²) in [5.41, 5.74) is -0.253. The molecule has 2 fully saturated rings. The highest BCUT2D eigenvalue weighted by Gasteiger charge is 2.40. The molecule has 1 saturated heterocycles. The summed E-state index contributed by atoms with van der Waals surface area (Å²) in [6, 6.07) is 0. The first-order valence-corrected chi connectivity index (χ1v) is 8.77. The summed E-state index contributed by atoms with van der Waals surface area (Å²) in [4.78, 5) is 12.5. The Kier molecular flexibility index (Phi) is 4.83. The molecule has 3 nitrogen and oxygen atoms in total. The molecule has 19 heavy (non-hydrogen) atoms. The molecule has 1 amide bonds. The van der Waals surface area contributed by atoms with Crippen LogP contribution in [0.25, 0.3) is 0 Å². The molecular weight excluding hydrogens is 256 g/mol. The summed E-state index contributed by atoms with van der Waals surface area (Å²) in [6.07, 6.45) is 8.34. The van der Waals surface area contributed by atoms with Gasteiger partial charge in [-0.15, -0.1) is 0 Å². The maximum Gasteiger partial charge on any atom is 0.226 e. The van der Waals surface area contributed by atoms with E-state index < -0.39 is 0 Å². The molecule has 0 aromatic heterocycles. The van der Waals surface area contributed by atoms with Gasteiger partial charge in [0, 0.05) is 16.7 Å².